The third kappa shape index (κ3) is 18.7. The second-order valence-corrected chi connectivity index (χ2v) is 26.2. The molecule has 45 nitrogen and oxygen atoms in total. The van der Waals surface area contributed by atoms with Gasteiger partial charge in [-0.3, -0.25) is 9.59 Å². The first-order valence-corrected chi connectivity index (χ1v) is 33.0. The van der Waals surface area contributed by atoms with Crippen molar-refractivity contribution in [3.8, 4) is 0 Å². The quantitative estimate of drug-likeness (QED) is 0.0324. The molecule has 45 heteroatoms. The minimum Gasteiger partial charge on any atom is -0.394 e. The van der Waals surface area contributed by atoms with Crippen LogP contribution >= 0.6 is 0 Å². The lowest BCUT2D eigenvalue weighted by Crippen LogP contribution is -2.72. The number of hydrogen-bond acceptors (Lipinski definition) is 43. The molecule has 44 atom stereocenters. The fraction of sp³-hybridized carbons (Fsp3) is 0.948. The highest BCUT2D eigenvalue weighted by atomic mass is 16.8. The maximum Gasteiger partial charge on any atom is 0.217 e. The Bertz CT molecular complexity index is 2640. The Kier molecular flexibility index (Phi) is 30.9. The van der Waals surface area contributed by atoms with Gasteiger partial charge in [-0.15, -0.1) is 0 Å². The van der Waals surface area contributed by atoms with Crippen molar-refractivity contribution in [1.29, 1.82) is 0 Å². The molecule has 0 aromatic rings. The van der Waals surface area contributed by atoms with E-state index in [1.807, 2.05) is 0 Å². The van der Waals surface area contributed by atoms with Gasteiger partial charge in [0, 0.05) is 13.8 Å². The zero-order chi connectivity index (χ0) is 76.2. The number of carbonyl (C=O) groups excluding carboxylic acids is 3. The summed E-state index contributed by atoms with van der Waals surface area (Å²) < 4.78 is 95.2. The molecule has 0 aliphatic carbocycles. The highest BCUT2D eigenvalue weighted by molar-refractivity contribution is 5.73. The first-order valence-electron chi connectivity index (χ1n) is 33.0. The van der Waals surface area contributed by atoms with Crippen molar-refractivity contribution < 1.29 is 213 Å². The van der Waals surface area contributed by atoms with E-state index in [1.165, 1.54) is 20.8 Å². The molecular weight excluding hydrogens is 1410 g/mol. The van der Waals surface area contributed by atoms with E-state index in [9.17, 15) is 137 Å². The molecule has 26 N–H and O–H groups in total. The largest absolute Gasteiger partial charge is 0.394 e. The second kappa shape index (κ2) is 37.1. The summed E-state index contributed by atoms with van der Waals surface area (Å²) in [7, 11) is 0. The normalized spacial score (nSPS) is 49.0. The Morgan fingerprint density at radius 2 is 0.621 bits per heavy atom. The zero-order valence-electron chi connectivity index (χ0n) is 55.7. The Balaban J connectivity index is 1.14. The molecule has 0 radical (unpaired) electrons. The topological polar surface area (TPSA) is 708 Å². The number of carbonyl (C=O) groups is 3. The van der Waals surface area contributed by atoms with Gasteiger partial charge in [-0.2, -0.15) is 0 Å². The van der Waals surface area contributed by atoms with E-state index in [1.54, 1.807) is 0 Å². The van der Waals surface area contributed by atoms with Crippen molar-refractivity contribution in [2.75, 3.05) is 39.6 Å². The Morgan fingerprint density at radius 3 is 0.990 bits per heavy atom. The molecule has 0 bridgehead atoms. The molecule has 0 aromatic carbocycles. The summed E-state index contributed by atoms with van der Waals surface area (Å²) in [6.45, 7) is -1.54. The van der Waals surface area contributed by atoms with Crippen LogP contribution in [0.5, 0.6) is 0 Å². The van der Waals surface area contributed by atoms with Crippen LogP contribution in [0.1, 0.15) is 34.6 Å². The van der Waals surface area contributed by atoms with Gasteiger partial charge in [0.05, 0.1) is 58.0 Å². The van der Waals surface area contributed by atoms with Crippen LogP contribution in [0, 0.1) is 0 Å². The predicted octanol–water partition coefficient (Wildman–Crippen LogP) is -17.4. The fourth-order valence-electron chi connectivity index (χ4n) is 13.1. The van der Waals surface area contributed by atoms with Crippen molar-refractivity contribution in [2.45, 2.75) is 305 Å². The summed E-state index contributed by atoms with van der Waals surface area (Å²) in [6.07, 6.45) is -86.5. The van der Waals surface area contributed by atoms with E-state index in [4.69, 9.17) is 75.8 Å². The number of nitrogens with one attached hydrogen (secondary N) is 2. The summed E-state index contributed by atoms with van der Waals surface area (Å²) in [4.78, 5) is 39.0. The van der Waals surface area contributed by atoms with E-state index in [2.05, 4.69) is 10.6 Å². The molecule has 8 fully saturated rings. The summed E-state index contributed by atoms with van der Waals surface area (Å²) in [5.41, 5.74) is 0. The van der Waals surface area contributed by atoms with Crippen LogP contribution in [0.15, 0.2) is 0 Å². The molecule has 8 aliphatic heterocycles. The van der Waals surface area contributed by atoms with E-state index < -0.39 is 321 Å². The molecule has 0 spiro atoms. The third-order valence-electron chi connectivity index (χ3n) is 19.0. The minimum atomic E-state index is -2.48. The van der Waals surface area contributed by atoms with E-state index in [0.717, 1.165) is 13.8 Å². The first kappa shape index (κ1) is 85.6. The number of aliphatic hydroxyl groups excluding tert-OH is 24. The fourth-order valence-corrected chi connectivity index (χ4v) is 13.1. The lowest BCUT2D eigenvalue weighted by molar-refractivity contribution is -0.399. The summed E-state index contributed by atoms with van der Waals surface area (Å²) in [5.74, 6) is -1.99. The predicted molar refractivity (Wildman–Crippen MR) is 317 cm³/mol. The Hall–Kier alpha value is -2.99. The SMILES string of the molecule is CC(=O)NC1C(OC2C(O)C(CO)OC(OC3C(CO)OC(OC4C(O)C(CO)OC(OC(C(O)CO)C(OC5OC(C)C(O)C(O)C5O)C(O)C=O)C4O)C(NC(C)=O)C3OC3OC(C)C(O)C(O)C3O)C2O)OC(CO)C(OC2OC(CO)C(O)C(O)C2O)C1OC1OC(C)C(O)C(O)C1O. The van der Waals surface area contributed by atoms with Crippen LogP contribution in [-0.2, 0) is 90.2 Å². The van der Waals surface area contributed by atoms with Crippen molar-refractivity contribution >= 4 is 18.1 Å². The molecule has 44 unspecified atom stereocenters. The van der Waals surface area contributed by atoms with Gasteiger partial charge >= 0.3 is 0 Å². The maximum absolute atomic E-state index is 13.5. The van der Waals surface area contributed by atoms with Crippen LogP contribution in [0.25, 0.3) is 0 Å². The van der Waals surface area contributed by atoms with E-state index in [-0.39, 0.29) is 6.29 Å². The molecular formula is C58H98N2O43. The molecule has 0 aromatic heterocycles. The second-order valence-electron chi connectivity index (χ2n) is 26.2. The molecule has 8 rings (SSSR count). The first-order chi connectivity index (χ1) is 48.6. The average Bonchev–Trinajstić information content (AvgIpc) is 0.759. The molecule has 2 amide bonds. The van der Waals surface area contributed by atoms with Gasteiger partial charge in [0.1, 0.15) is 201 Å². The van der Waals surface area contributed by atoms with Crippen LogP contribution in [-0.4, -0.2) is 450 Å². The van der Waals surface area contributed by atoms with Crippen LogP contribution < -0.4 is 10.6 Å². The van der Waals surface area contributed by atoms with Gasteiger partial charge in [0.25, 0.3) is 0 Å². The molecule has 8 aliphatic rings. The number of rotatable bonds is 28. The highest BCUT2D eigenvalue weighted by Crippen LogP contribution is 2.40. The van der Waals surface area contributed by atoms with Crippen LogP contribution in [0.4, 0.5) is 0 Å². The number of hydrogen-bond donors (Lipinski definition) is 26. The van der Waals surface area contributed by atoms with Gasteiger partial charge in [-0.05, 0) is 20.8 Å². The highest BCUT2D eigenvalue weighted by Gasteiger charge is 2.61. The Morgan fingerprint density at radius 1 is 0.340 bits per heavy atom. The van der Waals surface area contributed by atoms with Crippen LogP contribution in [0.3, 0.4) is 0 Å². The van der Waals surface area contributed by atoms with Crippen molar-refractivity contribution in [1.82, 2.24) is 10.6 Å². The summed E-state index contributed by atoms with van der Waals surface area (Å²) in [5, 5.41) is 269. The molecule has 103 heavy (non-hydrogen) atoms. The standard InChI is InChI=1S/C58H98N2O43/c1-13-27(72)33(78)37(82)53(88-13)96-43(18(70)6-61)44(19(71)7-62)97-57-41(86)49(31(76)21(9-64)92-57)102-52-26(60-17(5)69)48(101-55-39(84)35(80)29(74)15(3)90-55)46(24(12-67)95-52)99-58-42(87)50(32(77)22(10-65)93-58)103-51-25(59-16(4)68)47(100-54-38(83)34(79)28(73)14(2)89-54)45(23(11-66)94-51)98-56-40(85)36(81)30(75)20(8-63)91-56/h6,13-15,18-58,62-67,70-87H,7-12H2,1-5H3,(H,59,68)(H,60,69). The zero-order valence-corrected chi connectivity index (χ0v) is 55.7. The summed E-state index contributed by atoms with van der Waals surface area (Å²) >= 11 is 0. The average molecular weight is 1510 g/mol. The Labute approximate surface area is 584 Å². The molecule has 8 heterocycles. The van der Waals surface area contributed by atoms with Crippen molar-refractivity contribution in [3.63, 3.8) is 0 Å². The lowest BCUT2D eigenvalue weighted by atomic mass is 9.93. The number of aldehydes is 1. The van der Waals surface area contributed by atoms with Gasteiger partial charge in [0.2, 0.25) is 11.8 Å². The van der Waals surface area contributed by atoms with E-state index in [0.29, 0.717) is 0 Å². The molecule has 598 valence electrons. The van der Waals surface area contributed by atoms with Gasteiger partial charge in [-0.1, -0.05) is 0 Å². The number of ether oxygens (including phenoxy) is 16. The molecule has 0 saturated carbocycles. The third-order valence-corrected chi connectivity index (χ3v) is 19.0. The van der Waals surface area contributed by atoms with Gasteiger partial charge in [-0.25, -0.2) is 0 Å². The minimum absolute atomic E-state index is 0.161. The van der Waals surface area contributed by atoms with Crippen molar-refractivity contribution in [2.24, 2.45) is 0 Å². The maximum atomic E-state index is 13.5. The number of amides is 2. The summed E-state index contributed by atoms with van der Waals surface area (Å²) in [6, 6.07) is -4.02. The van der Waals surface area contributed by atoms with Crippen LogP contribution in [0.2, 0.25) is 0 Å². The van der Waals surface area contributed by atoms with Gasteiger partial charge < -0.3 is 214 Å². The van der Waals surface area contributed by atoms with Crippen molar-refractivity contribution in [3.05, 3.63) is 0 Å². The monoisotopic (exact) mass is 1510 g/mol. The smallest absolute Gasteiger partial charge is 0.217 e. The number of aliphatic hydroxyl groups is 24. The van der Waals surface area contributed by atoms with E-state index >= 15 is 0 Å². The lowest BCUT2D eigenvalue weighted by Gasteiger charge is -2.52. The van der Waals surface area contributed by atoms with Gasteiger partial charge in [0.15, 0.2) is 56.6 Å². The molecule has 8 saturated heterocycles.